The Morgan fingerprint density at radius 2 is 1.32 bits per heavy atom. The maximum atomic E-state index is 13.0. The molecule has 0 saturated heterocycles. The zero-order chi connectivity index (χ0) is 27.2. The monoisotopic (exact) mass is 658 g/mol. The molecule has 10 heteroatoms. The van der Waals surface area contributed by atoms with E-state index in [1.165, 1.54) is 63.5 Å². The van der Waals surface area contributed by atoms with Gasteiger partial charge < -0.3 is 0 Å². The van der Waals surface area contributed by atoms with Gasteiger partial charge in [-0.1, -0.05) is 45.4 Å². The summed E-state index contributed by atoms with van der Waals surface area (Å²) in [6, 6.07) is 14.2. The summed E-state index contributed by atoms with van der Waals surface area (Å²) in [5.74, 6) is 0.438. The molecule has 2 aromatic rings. The summed E-state index contributed by atoms with van der Waals surface area (Å²) < 4.78 is 73.4. The van der Waals surface area contributed by atoms with Gasteiger partial charge in [-0.3, -0.25) is 0 Å². The minimum atomic E-state index is -5.74. The van der Waals surface area contributed by atoms with Gasteiger partial charge in [-0.2, -0.15) is 0 Å². The average Bonchev–Trinajstić information content (AvgIpc) is 2.87. The normalized spacial score (nSPS) is 13.4. The Balaban J connectivity index is 1.80. The van der Waals surface area contributed by atoms with E-state index in [1.54, 1.807) is 42.5 Å². The Bertz CT molecular complexity index is 985. The molecule has 37 heavy (non-hydrogen) atoms. The Hall–Kier alpha value is -1.37. The first-order valence-corrected chi connectivity index (χ1v) is 17.3. The third kappa shape index (κ3) is 11.9. The van der Waals surface area contributed by atoms with Crippen molar-refractivity contribution in [3.8, 4) is 5.75 Å². The SMILES string of the molecule is CCCCCCCCCCCCC(O)COc1ccc(I(OS(=O)(=O)C(F)(F)F)c2ccccc2)cc1. The summed E-state index contributed by atoms with van der Waals surface area (Å²) in [6.45, 7) is 2.33. The van der Waals surface area contributed by atoms with Gasteiger partial charge in [0.05, 0.1) is 0 Å². The van der Waals surface area contributed by atoms with Crippen LogP contribution in [-0.2, 0) is 12.6 Å². The van der Waals surface area contributed by atoms with Crippen LogP contribution in [-0.4, -0.2) is 31.7 Å². The number of halogens is 4. The molecule has 0 aliphatic carbocycles. The number of ether oxygens (including phenoxy) is 1. The topological polar surface area (TPSA) is 72.8 Å². The van der Waals surface area contributed by atoms with Crippen molar-refractivity contribution >= 4 is 30.4 Å². The molecule has 0 aromatic heterocycles. The van der Waals surface area contributed by atoms with E-state index in [0.717, 1.165) is 12.8 Å². The molecule has 1 unspecified atom stereocenters. The van der Waals surface area contributed by atoms with Crippen molar-refractivity contribution in [2.75, 3.05) is 6.61 Å². The van der Waals surface area contributed by atoms with Crippen molar-refractivity contribution in [1.82, 2.24) is 0 Å². The number of hydrogen-bond acceptors (Lipinski definition) is 5. The van der Waals surface area contributed by atoms with Crippen molar-refractivity contribution < 1.29 is 33.9 Å². The van der Waals surface area contributed by atoms with Gasteiger partial charge in [0.2, 0.25) is 0 Å². The Morgan fingerprint density at radius 3 is 1.86 bits per heavy atom. The van der Waals surface area contributed by atoms with Crippen LogP contribution in [0.3, 0.4) is 0 Å². The molecular weight excluding hydrogens is 620 g/mol. The molecule has 1 N–H and O–H groups in total. The van der Waals surface area contributed by atoms with Crippen LogP contribution in [0.4, 0.5) is 13.2 Å². The summed E-state index contributed by atoms with van der Waals surface area (Å²) in [6.07, 6.45) is 12.2. The van der Waals surface area contributed by atoms with Gasteiger partial charge in [0.1, 0.15) is 0 Å². The van der Waals surface area contributed by atoms with Crippen LogP contribution in [0.15, 0.2) is 54.6 Å². The van der Waals surface area contributed by atoms with Crippen LogP contribution in [0.1, 0.15) is 77.6 Å². The molecule has 2 aromatic carbocycles. The summed E-state index contributed by atoms with van der Waals surface area (Å²) >= 11 is -3.40. The zero-order valence-electron chi connectivity index (χ0n) is 21.3. The molecule has 0 heterocycles. The molecule has 0 saturated carbocycles. The van der Waals surface area contributed by atoms with Gasteiger partial charge in [-0.15, -0.1) is 0 Å². The van der Waals surface area contributed by atoms with Crippen LogP contribution in [0.25, 0.3) is 0 Å². The fraction of sp³-hybridized carbons (Fsp3) is 0.556. The van der Waals surface area contributed by atoms with E-state index in [2.05, 4.69) is 6.92 Å². The Labute approximate surface area is 226 Å². The van der Waals surface area contributed by atoms with Crippen LogP contribution in [0, 0.1) is 7.14 Å². The first-order valence-electron chi connectivity index (χ1n) is 12.8. The summed E-state index contributed by atoms with van der Waals surface area (Å²) in [5, 5.41) is 10.2. The maximum absolute atomic E-state index is 13.0. The minimum absolute atomic E-state index is 0.108. The van der Waals surface area contributed by atoms with Crippen LogP contribution in [0.5, 0.6) is 5.75 Å². The van der Waals surface area contributed by atoms with Crippen LogP contribution in [0.2, 0.25) is 0 Å². The predicted octanol–water partition coefficient (Wildman–Crippen LogP) is 8.06. The molecule has 0 bridgehead atoms. The molecule has 0 spiro atoms. The first-order chi connectivity index (χ1) is 17.6. The van der Waals surface area contributed by atoms with Crippen LogP contribution >= 0.6 is 20.2 Å². The molecule has 0 amide bonds. The second kappa shape index (κ2) is 16.6. The van der Waals surface area contributed by atoms with Crippen molar-refractivity contribution in [2.24, 2.45) is 0 Å². The van der Waals surface area contributed by atoms with E-state index in [-0.39, 0.29) is 6.61 Å². The number of aliphatic hydroxyl groups is 1. The van der Waals surface area contributed by atoms with Crippen molar-refractivity contribution in [3.05, 3.63) is 61.7 Å². The third-order valence-electron chi connectivity index (χ3n) is 5.71. The van der Waals surface area contributed by atoms with E-state index >= 15 is 0 Å². The summed E-state index contributed by atoms with van der Waals surface area (Å²) in [4.78, 5) is 0. The van der Waals surface area contributed by atoms with Crippen molar-refractivity contribution in [3.63, 3.8) is 0 Å². The standard InChI is InChI=1S/C27H38F3IO5S/c1-2-3-4-5-6-7-8-9-10-14-17-25(32)22-35-26-20-18-24(19-21-26)31(23-15-12-11-13-16-23)36-37(33,34)27(28,29)30/h11-13,15-16,18-21,25,32H,2-10,14,17,22H2,1H3. The molecule has 0 fully saturated rings. The molecule has 0 aliphatic heterocycles. The molecule has 0 aliphatic rings. The van der Waals surface area contributed by atoms with E-state index in [1.807, 2.05) is 0 Å². The van der Waals surface area contributed by atoms with E-state index in [0.29, 0.717) is 19.3 Å². The number of rotatable bonds is 18. The third-order valence-corrected chi connectivity index (χ3v) is 12.8. The molecule has 210 valence electrons. The van der Waals surface area contributed by atoms with Crippen molar-refractivity contribution in [2.45, 2.75) is 89.2 Å². The Kier molecular flexibility index (Phi) is 14.3. The first kappa shape index (κ1) is 31.8. The molecule has 0 radical (unpaired) electrons. The van der Waals surface area contributed by atoms with E-state index in [9.17, 15) is 26.7 Å². The number of aliphatic hydroxyl groups excluding tert-OH is 1. The number of alkyl halides is 3. The van der Waals surface area contributed by atoms with Crippen molar-refractivity contribution in [1.29, 1.82) is 0 Å². The van der Waals surface area contributed by atoms with Gasteiger partial charge in [0, 0.05) is 0 Å². The number of unbranched alkanes of at least 4 members (excludes halogenated alkanes) is 9. The van der Waals surface area contributed by atoms with Gasteiger partial charge in [0.15, 0.2) is 0 Å². The molecule has 5 nitrogen and oxygen atoms in total. The fourth-order valence-corrected chi connectivity index (χ4v) is 10.1. The predicted molar refractivity (Wildman–Crippen MR) is 148 cm³/mol. The number of benzene rings is 2. The summed E-state index contributed by atoms with van der Waals surface area (Å²) in [7, 11) is -5.74. The fourth-order valence-electron chi connectivity index (χ4n) is 3.63. The molecule has 2 rings (SSSR count). The van der Waals surface area contributed by atoms with Gasteiger partial charge in [0.25, 0.3) is 0 Å². The van der Waals surface area contributed by atoms with E-state index < -0.39 is 42.0 Å². The van der Waals surface area contributed by atoms with Gasteiger partial charge in [-0.25, -0.2) is 0 Å². The van der Waals surface area contributed by atoms with Crippen LogP contribution < -0.4 is 4.74 Å². The van der Waals surface area contributed by atoms with Gasteiger partial charge in [-0.05, 0) is 0 Å². The zero-order valence-corrected chi connectivity index (χ0v) is 24.2. The second-order valence-electron chi connectivity index (χ2n) is 8.90. The number of hydrogen-bond donors (Lipinski definition) is 1. The second-order valence-corrected chi connectivity index (χ2v) is 15.4. The Morgan fingerprint density at radius 1 is 0.811 bits per heavy atom. The quantitative estimate of drug-likeness (QED) is 0.0997. The molecule has 1 atom stereocenters. The van der Waals surface area contributed by atoms with E-state index in [4.69, 9.17) is 7.25 Å². The van der Waals surface area contributed by atoms with Gasteiger partial charge >= 0.3 is 182 Å². The average molecular weight is 659 g/mol. The summed E-state index contributed by atoms with van der Waals surface area (Å²) in [5.41, 5.74) is -5.50. The molecular formula is C27H38F3IO5S.